The summed E-state index contributed by atoms with van der Waals surface area (Å²) in [7, 11) is 0. The number of para-hydroxylation sites is 1. The number of hydrogen-bond donors (Lipinski definition) is 0. The number of anilines is 3. The Bertz CT molecular complexity index is 1990. The topological polar surface area (TPSA) is 3.24 Å². The van der Waals surface area contributed by atoms with E-state index in [4.69, 9.17) is 0 Å². The number of benzene rings is 5. The van der Waals surface area contributed by atoms with Crippen molar-refractivity contribution in [1.82, 2.24) is 0 Å². The van der Waals surface area contributed by atoms with Crippen LogP contribution in [0.4, 0.5) is 17.1 Å². The fourth-order valence-corrected chi connectivity index (χ4v) is 11.3. The van der Waals surface area contributed by atoms with Crippen LogP contribution in [0.5, 0.6) is 0 Å². The maximum absolute atomic E-state index is 2.61. The molecular formula is C40H33NS. The molecule has 0 radical (unpaired) electrons. The zero-order valence-electron chi connectivity index (χ0n) is 23.7. The van der Waals surface area contributed by atoms with Gasteiger partial charge in [-0.15, -0.1) is 11.3 Å². The highest BCUT2D eigenvalue weighted by Crippen LogP contribution is 2.69. The molecule has 2 heteroatoms. The largest absolute Gasteiger partial charge is 0.310 e. The highest BCUT2D eigenvalue weighted by molar-refractivity contribution is 7.25. The van der Waals surface area contributed by atoms with E-state index in [2.05, 4.69) is 120 Å². The van der Waals surface area contributed by atoms with Gasteiger partial charge in [-0.2, -0.15) is 0 Å². The Morgan fingerprint density at radius 1 is 0.500 bits per heavy atom. The van der Waals surface area contributed by atoms with Crippen LogP contribution in [0, 0.1) is 23.7 Å². The standard InChI is InChI=1S/C40H33NS/c1-2-8-29(9-3-1)41(31-15-17-35-34-11-5-7-13-38(34)42-39(35)24-31)30-14-16-33-32-10-4-6-12-36(32)40(37(33)23-30)27-19-25-18-26(21-27)22-28(40)20-25/h1-17,23-28H,18-22H2. The van der Waals surface area contributed by atoms with Crippen molar-refractivity contribution in [2.24, 2.45) is 23.7 Å². The first-order valence-corrected chi connectivity index (χ1v) is 16.6. The Kier molecular flexibility index (Phi) is 4.83. The predicted molar refractivity (Wildman–Crippen MR) is 177 cm³/mol. The van der Waals surface area contributed by atoms with Crippen LogP contribution < -0.4 is 4.90 Å². The Morgan fingerprint density at radius 2 is 1.14 bits per heavy atom. The lowest BCUT2D eigenvalue weighted by molar-refractivity contribution is -0.0399. The zero-order chi connectivity index (χ0) is 27.4. The second-order valence-electron chi connectivity index (χ2n) is 13.4. The van der Waals surface area contributed by atoms with Gasteiger partial charge in [0.05, 0.1) is 0 Å². The number of fused-ring (bicyclic) bond motifs is 6. The second kappa shape index (κ2) is 8.58. The van der Waals surface area contributed by atoms with Crippen LogP contribution >= 0.6 is 11.3 Å². The summed E-state index contributed by atoms with van der Waals surface area (Å²) in [6.07, 6.45) is 7.14. The molecule has 0 saturated heterocycles. The summed E-state index contributed by atoms with van der Waals surface area (Å²) in [5, 5.41) is 2.71. The molecule has 1 aromatic heterocycles. The van der Waals surface area contributed by atoms with E-state index in [0.717, 1.165) is 23.7 Å². The fraction of sp³-hybridized carbons (Fsp3) is 0.250. The van der Waals surface area contributed by atoms with Crippen molar-refractivity contribution >= 4 is 48.6 Å². The Labute approximate surface area is 251 Å². The molecule has 1 spiro atoms. The Morgan fingerprint density at radius 3 is 1.98 bits per heavy atom. The minimum Gasteiger partial charge on any atom is -0.310 e. The van der Waals surface area contributed by atoms with Gasteiger partial charge in [-0.1, -0.05) is 72.8 Å². The molecule has 0 unspecified atom stereocenters. The minimum atomic E-state index is 0.174. The van der Waals surface area contributed by atoms with Crippen LogP contribution in [0.3, 0.4) is 0 Å². The van der Waals surface area contributed by atoms with Crippen LogP contribution in [-0.4, -0.2) is 0 Å². The number of thiophene rings is 1. The predicted octanol–water partition coefficient (Wildman–Crippen LogP) is 11.2. The van der Waals surface area contributed by atoms with E-state index in [1.165, 1.54) is 80.5 Å². The van der Waals surface area contributed by atoms with Crippen LogP contribution in [0.2, 0.25) is 0 Å². The van der Waals surface area contributed by atoms with E-state index in [0.29, 0.717) is 0 Å². The van der Waals surface area contributed by atoms with Gasteiger partial charge in [-0.3, -0.25) is 0 Å². The van der Waals surface area contributed by atoms with E-state index in [-0.39, 0.29) is 5.41 Å². The minimum absolute atomic E-state index is 0.174. The summed E-state index contributed by atoms with van der Waals surface area (Å²) < 4.78 is 2.70. The van der Waals surface area contributed by atoms with Gasteiger partial charge in [0.25, 0.3) is 0 Å². The molecule has 6 aromatic rings. The highest BCUT2D eigenvalue weighted by Gasteiger charge is 2.61. The van der Waals surface area contributed by atoms with Crippen molar-refractivity contribution in [3.63, 3.8) is 0 Å². The van der Waals surface area contributed by atoms with Crippen molar-refractivity contribution in [3.8, 4) is 11.1 Å². The van der Waals surface area contributed by atoms with E-state index in [1.807, 2.05) is 11.3 Å². The molecule has 204 valence electrons. The molecule has 5 aliphatic carbocycles. The lowest BCUT2D eigenvalue weighted by atomic mass is 9.43. The van der Waals surface area contributed by atoms with Gasteiger partial charge >= 0.3 is 0 Å². The SMILES string of the molecule is c1ccc(N(c2ccc3c(c2)C2(c4ccccc4-3)C3CC4CC(C3)CC2C4)c2ccc3c(c2)sc2ccccc23)cc1. The van der Waals surface area contributed by atoms with E-state index in [9.17, 15) is 0 Å². The number of hydrogen-bond acceptors (Lipinski definition) is 2. The number of nitrogens with zero attached hydrogens (tertiary/aromatic N) is 1. The Hall–Kier alpha value is -3.88. The molecule has 0 atom stereocenters. The molecule has 1 nitrogen and oxygen atoms in total. The van der Waals surface area contributed by atoms with Gasteiger partial charge in [-0.05, 0) is 120 Å². The van der Waals surface area contributed by atoms with Gasteiger partial charge in [0, 0.05) is 42.6 Å². The van der Waals surface area contributed by atoms with Crippen molar-refractivity contribution in [3.05, 3.63) is 126 Å². The maximum atomic E-state index is 2.61. The van der Waals surface area contributed by atoms with Crippen molar-refractivity contribution in [1.29, 1.82) is 0 Å². The van der Waals surface area contributed by atoms with Gasteiger partial charge in [0.2, 0.25) is 0 Å². The van der Waals surface area contributed by atoms with Gasteiger partial charge < -0.3 is 4.90 Å². The van der Waals surface area contributed by atoms with Crippen molar-refractivity contribution < 1.29 is 0 Å². The Balaban J connectivity index is 1.19. The third-order valence-electron chi connectivity index (χ3n) is 11.4. The summed E-state index contributed by atoms with van der Waals surface area (Å²) in [6, 6.07) is 43.8. The first-order valence-electron chi connectivity index (χ1n) is 15.8. The van der Waals surface area contributed by atoms with E-state index in [1.54, 1.807) is 11.1 Å². The van der Waals surface area contributed by atoms with E-state index >= 15 is 0 Å². The zero-order valence-corrected chi connectivity index (χ0v) is 24.5. The molecule has 42 heavy (non-hydrogen) atoms. The summed E-state index contributed by atoms with van der Waals surface area (Å²) in [6.45, 7) is 0. The molecule has 4 bridgehead atoms. The quantitative estimate of drug-likeness (QED) is 0.208. The molecule has 0 aliphatic heterocycles. The van der Waals surface area contributed by atoms with Crippen LogP contribution in [0.25, 0.3) is 31.3 Å². The average molecular weight is 560 g/mol. The van der Waals surface area contributed by atoms with Gasteiger partial charge in [-0.25, -0.2) is 0 Å². The summed E-state index contributed by atoms with van der Waals surface area (Å²) in [5.74, 6) is 3.44. The monoisotopic (exact) mass is 559 g/mol. The molecule has 5 aromatic carbocycles. The molecule has 4 saturated carbocycles. The first kappa shape index (κ1) is 23.7. The lowest BCUT2D eigenvalue weighted by Gasteiger charge is -2.61. The second-order valence-corrected chi connectivity index (χ2v) is 14.5. The normalized spacial score (nSPS) is 26.7. The third kappa shape index (κ3) is 3.09. The summed E-state index contributed by atoms with van der Waals surface area (Å²) in [4.78, 5) is 2.50. The van der Waals surface area contributed by atoms with Gasteiger partial charge in [0.15, 0.2) is 0 Å². The van der Waals surface area contributed by atoms with Crippen molar-refractivity contribution in [2.75, 3.05) is 4.90 Å². The highest BCUT2D eigenvalue weighted by atomic mass is 32.1. The fourth-order valence-electron chi connectivity index (χ4n) is 10.2. The van der Waals surface area contributed by atoms with Gasteiger partial charge in [0.1, 0.15) is 0 Å². The molecule has 0 N–H and O–H groups in total. The molecule has 1 heterocycles. The molecular weight excluding hydrogens is 527 g/mol. The lowest BCUT2D eigenvalue weighted by Crippen LogP contribution is -2.55. The summed E-state index contributed by atoms with van der Waals surface area (Å²) in [5.41, 5.74) is 10.1. The smallest absolute Gasteiger partial charge is 0.0476 e. The third-order valence-corrected chi connectivity index (χ3v) is 12.6. The van der Waals surface area contributed by atoms with Crippen LogP contribution in [-0.2, 0) is 5.41 Å². The molecule has 4 fully saturated rings. The van der Waals surface area contributed by atoms with E-state index < -0.39 is 0 Å². The first-order chi connectivity index (χ1) is 20.8. The van der Waals surface area contributed by atoms with Crippen LogP contribution in [0.1, 0.15) is 43.2 Å². The molecule has 0 amide bonds. The van der Waals surface area contributed by atoms with Crippen LogP contribution in [0.15, 0.2) is 115 Å². The average Bonchev–Trinajstić information content (AvgIpc) is 3.54. The van der Waals surface area contributed by atoms with Crippen molar-refractivity contribution in [2.45, 2.75) is 37.5 Å². The maximum Gasteiger partial charge on any atom is 0.0476 e. The number of rotatable bonds is 3. The molecule has 5 aliphatic rings. The summed E-state index contributed by atoms with van der Waals surface area (Å²) >= 11 is 1.90. The molecule has 11 rings (SSSR count).